The highest BCUT2D eigenvalue weighted by Crippen LogP contribution is 2.25. The van der Waals surface area contributed by atoms with E-state index in [4.69, 9.17) is 0 Å². The van der Waals surface area contributed by atoms with Gasteiger partial charge in [-0.05, 0) is 24.5 Å². The van der Waals surface area contributed by atoms with Crippen molar-refractivity contribution < 1.29 is 4.39 Å². The largest absolute Gasteiger partial charge is 0.328 e. The highest BCUT2D eigenvalue weighted by Gasteiger charge is 2.09. The number of thiol groups is 1. The van der Waals surface area contributed by atoms with Gasteiger partial charge in [-0.2, -0.15) is 17.0 Å². The van der Waals surface area contributed by atoms with Crippen LogP contribution in [-0.2, 0) is 7.05 Å². The van der Waals surface area contributed by atoms with Crippen LogP contribution < -0.4 is 0 Å². The van der Waals surface area contributed by atoms with Crippen molar-refractivity contribution in [1.82, 2.24) is 14.5 Å². The molecule has 5 heteroatoms. The van der Waals surface area contributed by atoms with Crippen LogP contribution in [0.15, 0.2) is 55.9 Å². The molecule has 0 saturated carbocycles. The van der Waals surface area contributed by atoms with Gasteiger partial charge in [0.1, 0.15) is 5.65 Å². The summed E-state index contributed by atoms with van der Waals surface area (Å²) in [6.07, 6.45) is 8.47. The Labute approximate surface area is 129 Å². The van der Waals surface area contributed by atoms with Crippen molar-refractivity contribution in [3.05, 3.63) is 61.9 Å². The summed E-state index contributed by atoms with van der Waals surface area (Å²) in [5, 5.41) is 1.93. The average Bonchev–Trinajstić information content (AvgIpc) is 2.83. The molecule has 0 aliphatic carbocycles. The number of pyridine rings is 2. The second kappa shape index (κ2) is 8.21. The molecule has 3 nitrogen and oxygen atoms in total. The van der Waals surface area contributed by atoms with Crippen molar-refractivity contribution in [2.75, 3.05) is 6.26 Å². The summed E-state index contributed by atoms with van der Waals surface area (Å²) in [4.78, 5) is 7.94. The first-order chi connectivity index (χ1) is 10.2. The Hall–Kier alpha value is -2.14. The van der Waals surface area contributed by atoms with Gasteiger partial charge in [-0.1, -0.05) is 25.3 Å². The monoisotopic (exact) mass is 303 g/mol. The molecule has 0 saturated heterocycles. The zero-order chi connectivity index (χ0) is 15.8. The fourth-order valence-corrected chi connectivity index (χ4v) is 1.89. The molecule has 0 fully saturated rings. The molecule has 0 N–H and O–H groups in total. The van der Waals surface area contributed by atoms with Gasteiger partial charge in [0.05, 0.1) is 5.52 Å². The smallest absolute Gasteiger partial charge is 0.214 e. The number of aryl methyl sites for hydroxylation is 1. The first kappa shape index (κ1) is 16.9. The van der Waals surface area contributed by atoms with Crippen LogP contribution in [0.4, 0.5) is 4.39 Å². The van der Waals surface area contributed by atoms with Gasteiger partial charge in [-0.15, -0.1) is 0 Å². The zero-order valence-corrected chi connectivity index (χ0v) is 13.0. The predicted octanol–water partition coefficient (Wildman–Crippen LogP) is 4.17. The summed E-state index contributed by atoms with van der Waals surface area (Å²) < 4.78 is 14.9. The minimum Gasteiger partial charge on any atom is -0.328 e. The fraction of sp³-hybridized carbons (Fsp3) is 0.125. The molecule has 0 aliphatic rings. The van der Waals surface area contributed by atoms with Crippen molar-refractivity contribution in [2.45, 2.75) is 0 Å². The number of aromatic nitrogens is 3. The summed E-state index contributed by atoms with van der Waals surface area (Å²) in [7, 11) is 1.87. The van der Waals surface area contributed by atoms with E-state index in [1.807, 2.05) is 17.7 Å². The molecular weight excluding hydrogens is 285 g/mol. The van der Waals surface area contributed by atoms with Crippen LogP contribution in [0.5, 0.6) is 0 Å². The van der Waals surface area contributed by atoms with Gasteiger partial charge in [-0.3, -0.25) is 4.98 Å². The molecule has 110 valence electrons. The van der Waals surface area contributed by atoms with Gasteiger partial charge in [0, 0.05) is 30.2 Å². The third-order valence-corrected chi connectivity index (χ3v) is 2.78. The van der Waals surface area contributed by atoms with Gasteiger partial charge >= 0.3 is 0 Å². The molecule has 0 bridgehead atoms. The van der Waals surface area contributed by atoms with E-state index in [9.17, 15) is 4.39 Å². The average molecular weight is 303 g/mol. The first-order valence-electron chi connectivity index (χ1n) is 6.22. The molecule has 0 radical (unpaired) electrons. The number of rotatable bonds is 1. The Morgan fingerprint density at radius 1 is 1.14 bits per heavy atom. The van der Waals surface area contributed by atoms with Crippen LogP contribution >= 0.6 is 12.6 Å². The molecular formula is C16H18FN3S. The second-order valence-corrected chi connectivity index (χ2v) is 3.93. The van der Waals surface area contributed by atoms with Crippen LogP contribution in [0.2, 0.25) is 0 Å². The Morgan fingerprint density at radius 3 is 2.43 bits per heavy atom. The zero-order valence-electron chi connectivity index (χ0n) is 12.1. The normalized spacial score (nSPS) is 9.33. The van der Waals surface area contributed by atoms with Crippen LogP contribution in [0, 0.1) is 5.95 Å². The van der Waals surface area contributed by atoms with E-state index >= 15 is 0 Å². The summed E-state index contributed by atoms with van der Waals surface area (Å²) in [5.74, 6) is -0.457. The van der Waals surface area contributed by atoms with E-state index in [1.165, 1.54) is 6.07 Å². The summed E-state index contributed by atoms with van der Waals surface area (Å²) >= 11 is 3.53. The van der Waals surface area contributed by atoms with Crippen LogP contribution in [0.1, 0.15) is 0 Å². The molecule has 0 aromatic carbocycles. The lowest BCUT2D eigenvalue weighted by Crippen LogP contribution is -1.90. The third-order valence-electron chi connectivity index (χ3n) is 2.78. The Balaban J connectivity index is 0.000000322. The highest BCUT2D eigenvalue weighted by molar-refractivity contribution is 7.79. The number of allylic oxidation sites excluding steroid dienone is 2. The molecule has 0 spiro atoms. The van der Waals surface area contributed by atoms with Crippen LogP contribution in [0.3, 0.4) is 0 Å². The standard InChI is InChI=1S/C11H8FN3.C4H6.CH4S/c1-15-9-4-5-13-6-8(9)7-2-3-10(12)14-11(7)15;1-3-4-2;1-2/h2-6H,1H3;3-4H,1-2H2;2H,1H3. The van der Waals surface area contributed by atoms with E-state index in [2.05, 4.69) is 35.8 Å². The third kappa shape index (κ3) is 3.70. The Bertz CT molecular complexity index is 744. The topological polar surface area (TPSA) is 30.7 Å². The van der Waals surface area contributed by atoms with Crippen molar-refractivity contribution in [2.24, 2.45) is 7.05 Å². The van der Waals surface area contributed by atoms with Crippen LogP contribution in [-0.4, -0.2) is 20.8 Å². The Morgan fingerprint density at radius 2 is 1.81 bits per heavy atom. The maximum Gasteiger partial charge on any atom is 0.214 e. The SMILES string of the molecule is C=CC=C.CS.Cn1c2ccncc2c2ccc(F)nc21. The highest BCUT2D eigenvalue weighted by atomic mass is 32.1. The molecule has 3 aromatic heterocycles. The maximum absolute atomic E-state index is 13.0. The van der Waals surface area contributed by atoms with Crippen molar-refractivity contribution in [1.29, 1.82) is 0 Å². The van der Waals surface area contributed by atoms with Gasteiger partial charge in [0.2, 0.25) is 5.95 Å². The van der Waals surface area contributed by atoms with Crippen molar-refractivity contribution >= 4 is 34.6 Å². The summed E-state index contributed by atoms with van der Waals surface area (Å²) in [6, 6.07) is 5.01. The van der Waals surface area contributed by atoms with Crippen molar-refractivity contribution in [3.8, 4) is 0 Å². The van der Waals surface area contributed by atoms with E-state index in [-0.39, 0.29) is 0 Å². The molecule has 21 heavy (non-hydrogen) atoms. The molecule has 3 aromatic rings. The van der Waals surface area contributed by atoms with E-state index in [1.54, 1.807) is 36.9 Å². The molecule has 3 heterocycles. The van der Waals surface area contributed by atoms with Gasteiger partial charge in [0.25, 0.3) is 0 Å². The minimum absolute atomic E-state index is 0.457. The molecule has 0 aliphatic heterocycles. The maximum atomic E-state index is 13.0. The number of halogens is 1. The molecule has 3 rings (SSSR count). The van der Waals surface area contributed by atoms with Crippen molar-refractivity contribution in [3.63, 3.8) is 0 Å². The Kier molecular flexibility index (Phi) is 6.62. The van der Waals surface area contributed by atoms with E-state index in [0.29, 0.717) is 5.65 Å². The number of fused-ring (bicyclic) bond motifs is 3. The number of hydrogen-bond donors (Lipinski definition) is 1. The lowest BCUT2D eigenvalue weighted by molar-refractivity contribution is 0.587. The van der Waals surface area contributed by atoms with Gasteiger partial charge < -0.3 is 4.57 Å². The van der Waals surface area contributed by atoms with E-state index in [0.717, 1.165) is 16.3 Å². The lowest BCUT2D eigenvalue weighted by atomic mass is 10.2. The second-order valence-electron chi connectivity index (χ2n) is 3.93. The molecule has 0 atom stereocenters. The van der Waals surface area contributed by atoms with Crippen LogP contribution in [0.25, 0.3) is 21.9 Å². The summed E-state index contributed by atoms with van der Waals surface area (Å²) in [6.45, 7) is 6.72. The summed E-state index contributed by atoms with van der Waals surface area (Å²) in [5.41, 5.74) is 1.66. The molecule has 0 unspecified atom stereocenters. The first-order valence-corrected chi connectivity index (χ1v) is 7.11. The van der Waals surface area contributed by atoms with Gasteiger partial charge in [0.15, 0.2) is 0 Å². The lowest BCUT2D eigenvalue weighted by Gasteiger charge is -1.95. The van der Waals surface area contributed by atoms with E-state index < -0.39 is 5.95 Å². The van der Waals surface area contributed by atoms with Gasteiger partial charge in [-0.25, -0.2) is 4.98 Å². The quantitative estimate of drug-likeness (QED) is 0.415. The minimum atomic E-state index is -0.457. The predicted molar refractivity (Wildman–Crippen MR) is 91.3 cm³/mol. The molecule has 0 amide bonds. The number of nitrogens with zero attached hydrogens (tertiary/aromatic N) is 3. The fourth-order valence-electron chi connectivity index (χ4n) is 1.89. The number of hydrogen-bond acceptors (Lipinski definition) is 3.